The van der Waals surface area contributed by atoms with Crippen LogP contribution in [-0.4, -0.2) is 115 Å². The molecular weight excluding hydrogens is 720 g/mol. The summed E-state index contributed by atoms with van der Waals surface area (Å²) >= 11 is 0. The first kappa shape index (κ1) is 42.2. The highest BCUT2D eigenvalue weighted by Crippen LogP contribution is 2.26. The largest absolute Gasteiger partial charge is 0.481 e. The normalized spacial score (nSPS) is 12.1. The van der Waals surface area contributed by atoms with Crippen LogP contribution in [0.4, 0.5) is 0 Å². The Morgan fingerprint density at radius 1 is 0.585 bits per heavy atom. The van der Waals surface area contributed by atoms with Crippen molar-refractivity contribution in [2.45, 2.75) is 36.9 Å². The van der Waals surface area contributed by atoms with Gasteiger partial charge in [-0.25, -0.2) is 29.1 Å². The van der Waals surface area contributed by atoms with E-state index in [1.807, 2.05) is 0 Å². The number of hydrogen-bond acceptors (Lipinski definition) is 14. The van der Waals surface area contributed by atoms with Crippen LogP contribution in [0.3, 0.4) is 0 Å². The molecule has 25 heteroatoms. The third kappa shape index (κ3) is 9.06. The van der Waals surface area contributed by atoms with Crippen molar-refractivity contribution >= 4 is 58.1 Å². The zero-order valence-corrected chi connectivity index (χ0v) is 28.7. The highest BCUT2D eigenvalue weighted by molar-refractivity contribution is 5.93. The van der Waals surface area contributed by atoms with Gasteiger partial charge in [0.15, 0.2) is 27.9 Å². The maximum absolute atomic E-state index is 11.7. The fourth-order valence-corrected chi connectivity index (χ4v) is 4.72. The Labute approximate surface area is 293 Å². The fourth-order valence-electron chi connectivity index (χ4n) is 4.72. The lowest BCUT2D eigenvalue weighted by molar-refractivity contribution is -0.191. The van der Waals surface area contributed by atoms with Gasteiger partial charge in [-0.05, 0) is 0 Å². The number of carboxylic acid groups (broad SMARTS) is 5. The van der Waals surface area contributed by atoms with Crippen LogP contribution in [0.25, 0.3) is 22.3 Å². The van der Waals surface area contributed by atoms with E-state index >= 15 is 0 Å². The Kier molecular flexibility index (Phi) is 12.7. The molecule has 0 aliphatic heterocycles. The number of esters is 1. The number of carboxylic acids is 5. The molecule has 0 spiro atoms. The molecule has 0 aliphatic carbocycles. The van der Waals surface area contributed by atoms with Crippen molar-refractivity contribution in [2.75, 3.05) is 0 Å². The van der Waals surface area contributed by atoms with E-state index in [1.54, 1.807) is 37.3 Å². The number of carbonyl (C=O) groups is 6. The monoisotopic (exact) mass is 754 g/mol. The second-order valence-corrected chi connectivity index (χ2v) is 11.5. The third-order valence-corrected chi connectivity index (χ3v) is 7.48. The van der Waals surface area contributed by atoms with Gasteiger partial charge in [-0.1, -0.05) is 0 Å². The quantitative estimate of drug-likeness (QED) is 0.0793. The predicted molar refractivity (Wildman–Crippen MR) is 173 cm³/mol. The lowest BCUT2D eigenvalue weighted by atomic mass is 9.93. The molecule has 25 nitrogen and oxygen atoms in total. The van der Waals surface area contributed by atoms with Gasteiger partial charge in [-0.3, -0.25) is 47.0 Å². The van der Waals surface area contributed by atoms with Crippen molar-refractivity contribution < 1.29 is 64.1 Å². The molecule has 4 rings (SSSR count). The summed E-state index contributed by atoms with van der Waals surface area (Å²) in [4.78, 5) is 120. The van der Waals surface area contributed by atoms with Gasteiger partial charge in [0.1, 0.15) is 0 Å². The summed E-state index contributed by atoms with van der Waals surface area (Å²) in [5.74, 6) is -11.6. The number of aliphatic carboxylic acids is 5. The van der Waals surface area contributed by atoms with Crippen molar-refractivity contribution in [3.8, 4) is 0 Å². The molecule has 0 radical (unpaired) electrons. The van der Waals surface area contributed by atoms with Crippen molar-refractivity contribution in [3.05, 3.63) is 54.3 Å². The van der Waals surface area contributed by atoms with Gasteiger partial charge < -0.3 is 44.5 Å². The van der Waals surface area contributed by atoms with E-state index in [0.717, 1.165) is 9.13 Å². The second-order valence-electron chi connectivity index (χ2n) is 11.5. The molecule has 6 N–H and O–H groups in total. The predicted octanol–water partition coefficient (Wildman–Crippen LogP) is -4.08. The SMILES string of the molecule is Cn1c(=O)c2c(ncn2C)n(C)c1=O.Cn1c(=O)c2c(ncn2C)n(C)c1=O.O=C(O)CC(O)(CC(=O)OC(CC(=O)O)(CC(=O)O)C(=O)O)C(=O)O. The standard InChI is InChI=1S/C12H14O13.2C8H10N4O2/c13-5(14)1-11(24,9(20)21)4-8(19)25-12(10(22)23,2-6(15)16)3-7(17)18;2*1-10-4-9-6-5(10)7(13)12(3)8(14)11(6)2/h24H,1-4H2,(H,13,14)(H,15,16)(H,17,18)(H,20,21)(H,22,23);2*4H,1-3H3. The zero-order chi connectivity index (χ0) is 40.9. The molecule has 0 amide bonds. The Balaban J connectivity index is 0.000000293. The number of aromatic nitrogens is 8. The Morgan fingerprint density at radius 2 is 0.943 bits per heavy atom. The maximum Gasteiger partial charge on any atom is 0.349 e. The first-order valence-corrected chi connectivity index (χ1v) is 14.5. The van der Waals surface area contributed by atoms with Gasteiger partial charge in [0.2, 0.25) is 5.60 Å². The average molecular weight is 755 g/mol. The molecule has 1 unspecified atom stereocenters. The van der Waals surface area contributed by atoms with E-state index in [-0.39, 0.29) is 22.5 Å². The molecule has 53 heavy (non-hydrogen) atoms. The average Bonchev–Trinajstić information content (AvgIpc) is 3.62. The molecule has 0 saturated carbocycles. The maximum atomic E-state index is 11.7. The summed E-state index contributed by atoms with van der Waals surface area (Å²) in [7, 11) is 9.55. The van der Waals surface area contributed by atoms with Crippen LogP contribution >= 0.6 is 0 Å². The van der Waals surface area contributed by atoms with Crippen molar-refractivity contribution in [3.63, 3.8) is 0 Å². The topological polar surface area (TPSA) is 357 Å². The highest BCUT2D eigenvalue weighted by Gasteiger charge is 2.49. The first-order valence-electron chi connectivity index (χ1n) is 14.5. The first-order chi connectivity index (χ1) is 24.3. The summed E-state index contributed by atoms with van der Waals surface area (Å²) < 4.78 is 12.4. The van der Waals surface area contributed by atoms with Gasteiger partial charge in [0.05, 0.1) is 38.3 Å². The Morgan fingerprint density at radius 3 is 1.25 bits per heavy atom. The van der Waals surface area contributed by atoms with Crippen LogP contribution in [0, 0.1) is 0 Å². The minimum Gasteiger partial charge on any atom is -0.481 e. The minimum atomic E-state index is -3.17. The van der Waals surface area contributed by atoms with Crippen LogP contribution in [0.15, 0.2) is 31.8 Å². The molecule has 1 atom stereocenters. The number of imidazole rings is 2. The van der Waals surface area contributed by atoms with Crippen LogP contribution in [0.2, 0.25) is 0 Å². The number of hydrogen-bond donors (Lipinski definition) is 6. The van der Waals surface area contributed by atoms with Crippen molar-refractivity contribution in [2.24, 2.45) is 42.3 Å². The third-order valence-electron chi connectivity index (χ3n) is 7.48. The molecule has 4 aromatic heterocycles. The summed E-state index contributed by atoms with van der Waals surface area (Å²) in [5, 5.41) is 53.5. The highest BCUT2D eigenvalue weighted by atomic mass is 16.6. The van der Waals surface area contributed by atoms with Gasteiger partial charge in [0, 0.05) is 42.3 Å². The number of aliphatic hydroxyl groups is 1. The molecule has 4 heterocycles. The number of rotatable bonds is 11. The summed E-state index contributed by atoms with van der Waals surface area (Å²) in [6.07, 6.45) is -2.90. The molecule has 0 bridgehead atoms. The van der Waals surface area contributed by atoms with Gasteiger partial charge in [-0.2, -0.15) is 0 Å². The molecular formula is C28H34N8O17. The smallest absolute Gasteiger partial charge is 0.349 e. The molecule has 0 fully saturated rings. The summed E-state index contributed by atoms with van der Waals surface area (Å²) in [5.41, 5.74) is -5.88. The number of carbonyl (C=O) groups excluding carboxylic acids is 1. The van der Waals surface area contributed by atoms with E-state index in [2.05, 4.69) is 14.7 Å². The molecule has 0 aromatic carbocycles. The molecule has 0 saturated heterocycles. The number of nitrogens with zero attached hydrogens (tertiary/aromatic N) is 8. The number of aryl methyl sites for hydroxylation is 4. The van der Waals surface area contributed by atoms with Gasteiger partial charge in [-0.15, -0.1) is 0 Å². The van der Waals surface area contributed by atoms with E-state index in [4.69, 9.17) is 25.5 Å². The summed E-state index contributed by atoms with van der Waals surface area (Å²) in [6, 6.07) is 0. The fraction of sp³-hybridized carbons (Fsp3) is 0.429. The molecule has 288 valence electrons. The zero-order valence-electron chi connectivity index (χ0n) is 28.7. The Bertz CT molecular complexity index is 2250. The number of ether oxygens (including phenoxy) is 1. The van der Waals surface area contributed by atoms with Crippen LogP contribution in [0.1, 0.15) is 25.7 Å². The van der Waals surface area contributed by atoms with Gasteiger partial charge in [0.25, 0.3) is 11.1 Å². The number of fused-ring (bicyclic) bond motifs is 2. The van der Waals surface area contributed by atoms with Crippen molar-refractivity contribution in [1.82, 2.24) is 37.4 Å². The Hall–Kier alpha value is -6.92. The van der Waals surface area contributed by atoms with Crippen LogP contribution in [-0.2, 0) is 75.8 Å². The van der Waals surface area contributed by atoms with E-state index < -0.39 is 72.7 Å². The molecule has 4 aromatic rings. The lowest BCUT2D eigenvalue weighted by Gasteiger charge is -2.28. The molecule has 0 aliphatic rings. The van der Waals surface area contributed by atoms with Crippen LogP contribution < -0.4 is 22.5 Å². The van der Waals surface area contributed by atoms with E-state index in [0.29, 0.717) is 22.3 Å². The second kappa shape index (κ2) is 16.0. The van der Waals surface area contributed by atoms with E-state index in [9.17, 15) is 53.1 Å². The summed E-state index contributed by atoms with van der Waals surface area (Å²) in [6.45, 7) is 0. The van der Waals surface area contributed by atoms with E-state index in [1.165, 1.54) is 35.9 Å². The van der Waals surface area contributed by atoms with Crippen LogP contribution in [0.5, 0.6) is 0 Å². The minimum absolute atomic E-state index is 0.317. The van der Waals surface area contributed by atoms with Crippen molar-refractivity contribution in [1.29, 1.82) is 0 Å². The lowest BCUT2D eigenvalue weighted by Crippen LogP contribution is -2.49. The van der Waals surface area contributed by atoms with Gasteiger partial charge >= 0.3 is 47.2 Å².